The van der Waals surface area contributed by atoms with Gasteiger partial charge in [0, 0.05) is 0 Å². The van der Waals surface area contributed by atoms with Crippen LogP contribution in [0.5, 0.6) is 5.75 Å². The number of benzene rings is 2. The summed E-state index contributed by atoms with van der Waals surface area (Å²) in [5.41, 5.74) is 0.103. The molecule has 0 spiro atoms. The van der Waals surface area contributed by atoms with Crippen molar-refractivity contribution >= 4 is 23.2 Å². The molecule has 1 nitrogen and oxygen atoms in total. The lowest BCUT2D eigenvalue weighted by molar-refractivity contribution is 0.350. The Labute approximate surface area is 116 Å². The fraction of sp³-hybridized carbons (Fsp3) is 0.200. The van der Waals surface area contributed by atoms with E-state index in [0.717, 1.165) is 5.57 Å². The maximum Gasteiger partial charge on any atom is 0.513 e. The predicted octanol–water partition coefficient (Wildman–Crippen LogP) is 4.24. The first-order chi connectivity index (χ1) is 9.43. The largest absolute Gasteiger partial charge is 0.513 e. The molecule has 0 aliphatic heterocycles. The lowest BCUT2D eigenvalue weighted by atomic mass is 9.76. The van der Waals surface area contributed by atoms with Crippen molar-refractivity contribution in [3.05, 3.63) is 48.6 Å². The van der Waals surface area contributed by atoms with Gasteiger partial charge in [0.05, 0.1) is 5.75 Å². The van der Waals surface area contributed by atoms with Crippen molar-refractivity contribution in [3.63, 3.8) is 0 Å². The Kier molecular flexibility index (Phi) is 4.07. The van der Waals surface area contributed by atoms with Crippen LogP contribution in [-0.2, 0) is 0 Å². The predicted molar refractivity (Wildman–Crippen MR) is 77.6 cm³/mol. The van der Waals surface area contributed by atoms with Crippen LogP contribution < -0.4 is 10.2 Å². The van der Waals surface area contributed by atoms with E-state index in [1.807, 2.05) is 6.92 Å². The molecular formula is C15H15BF3O-. The molecular weight excluding hydrogens is 264 g/mol. The Hall–Kier alpha value is -1.91. The first kappa shape index (κ1) is 14.5. The number of fused-ring (bicyclic) bond motifs is 1. The van der Waals surface area contributed by atoms with Crippen molar-refractivity contribution in [2.45, 2.75) is 13.3 Å². The van der Waals surface area contributed by atoms with Crippen molar-refractivity contribution < 1.29 is 17.7 Å². The highest BCUT2D eigenvalue weighted by Gasteiger charge is 2.31. The number of hydrogen-bond acceptors (Lipinski definition) is 1. The second-order valence-corrected chi connectivity index (χ2v) is 4.67. The summed E-state index contributed by atoms with van der Waals surface area (Å²) in [6, 6.07) is 9.48. The maximum atomic E-state index is 13.3. The van der Waals surface area contributed by atoms with Gasteiger partial charge in [-0.3, -0.25) is 0 Å². The summed E-state index contributed by atoms with van der Waals surface area (Å²) in [5, 5.41) is 0.739. The first-order valence-electron chi connectivity index (χ1n) is 6.44. The molecule has 0 N–H and O–H groups in total. The normalized spacial score (nSPS) is 11.6. The van der Waals surface area contributed by atoms with E-state index < -0.39 is 12.4 Å². The number of rotatable bonds is 5. The number of hydrogen-bond donors (Lipinski definition) is 0. The summed E-state index contributed by atoms with van der Waals surface area (Å²) in [6.07, 6.45) is 0.681. The van der Waals surface area contributed by atoms with Crippen LogP contribution >= 0.6 is 0 Å². The third kappa shape index (κ3) is 2.98. The molecule has 0 unspecified atom stereocenters. The molecule has 0 saturated carbocycles. The molecule has 5 heteroatoms. The topological polar surface area (TPSA) is 9.23 Å². The summed E-state index contributed by atoms with van der Waals surface area (Å²) < 4.78 is 45.4. The Morgan fingerprint density at radius 3 is 2.50 bits per heavy atom. The Morgan fingerprint density at radius 1 is 1.15 bits per heavy atom. The van der Waals surface area contributed by atoms with E-state index in [1.54, 1.807) is 24.3 Å². The molecule has 0 bridgehead atoms. The van der Waals surface area contributed by atoms with Crippen LogP contribution in [0.1, 0.15) is 13.3 Å². The summed E-state index contributed by atoms with van der Waals surface area (Å²) in [5.74, 6) is -0.120. The zero-order valence-corrected chi connectivity index (χ0v) is 11.2. The van der Waals surface area contributed by atoms with Crippen molar-refractivity contribution in [2.24, 2.45) is 0 Å². The van der Waals surface area contributed by atoms with E-state index in [2.05, 4.69) is 6.58 Å². The highest BCUT2D eigenvalue weighted by molar-refractivity contribution is 6.76. The smallest absolute Gasteiger partial charge is 0.492 e. The van der Waals surface area contributed by atoms with E-state index in [9.17, 15) is 12.9 Å². The van der Waals surface area contributed by atoms with E-state index in [1.165, 1.54) is 12.1 Å². The van der Waals surface area contributed by atoms with Gasteiger partial charge in [0.25, 0.3) is 0 Å². The average molecular weight is 279 g/mol. The molecule has 0 heterocycles. The molecule has 0 aliphatic rings. The van der Waals surface area contributed by atoms with Crippen LogP contribution in [0.15, 0.2) is 48.6 Å². The van der Waals surface area contributed by atoms with Gasteiger partial charge in [-0.05, 0) is 28.8 Å². The monoisotopic (exact) mass is 279 g/mol. The van der Waals surface area contributed by atoms with E-state index in [-0.39, 0.29) is 17.7 Å². The standard InChI is InChI=1S/C15H15BF3O/c1-3-11(2)10-20-14-9-8-12-6-4-5-7-13(12)15(14)16(17,18)19/h4-9H,2-3,10H2,1H3/q-1. The zero-order valence-electron chi connectivity index (χ0n) is 11.2. The molecule has 0 atom stereocenters. The third-order valence-electron chi connectivity index (χ3n) is 3.19. The van der Waals surface area contributed by atoms with Gasteiger partial charge >= 0.3 is 6.98 Å². The molecule has 0 aliphatic carbocycles. The minimum Gasteiger partial charge on any atom is -0.492 e. The van der Waals surface area contributed by atoms with Crippen molar-refractivity contribution in [2.75, 3.05) is 6.61 Å². The Morgan fingerprint density at radius 2 is 1.85 bits per heavy atom. The van der Waals surface area contributed by atoms with Crippen LogP contribution in [0.4, 0.5) is 12.9 Å². The second-order valence-electron chi connectivity index (χ2n) is 4.67. The molecule has 2 aromatic carbocycles. The molecule has 20 heavy (non-hydrogen) atoms. The zero-order chi connectivity index (χ0) is 14.8. The summed E-state index contributed by atoms with van der Waals surface area (Å²) >= 11 is 0. The molecule has 0 saturated heterocycles. The van der Waals surface area contributed by atoms with Gasteiger partial charge in [-0.25, -0.2) is 0 Å². The van der Waals surface area contributed by atoms with Gasteiger partial charge in [0.1, 0.15) is 6.61 Å². The highest BCUT2D eigenvalue weighted by Crippen LogP contribution is 2.25. The SMILES string of the molecule is C=C(CC)COc1ccc2ccccc2c1[B-](F)(F)F. The molecule has 0 fully saturated rings. The summed E-state index contributed by atoms with van der Waals surface area (Å²) in [4.78, 5) is 0. The minimum atomic E-state index is -5.14. The summed E-state index contributed by atoms with van der Waals surface area (Å²) in [7, 11) is 0. The second kappa shape index (κ2) is 5.61. The van der Waals surface area contributed by atoms with Crippen molar-refractivity contribution in [1.29, 1.82) is 0 Å². The molecule has 2 rings (SSSR count). The highest BCUT2D eigenvalue weighted by atomic mass is 19.4. The summed E-state index contributed by atoms with van der Waals surface area (Å²) in [6.45, 7) is 0.595. The fourth-order valence-electron chi connectivity index (χ4n) is 2.02. The van der Waals surface area contributed by atoms with Crippen LogP contribution in [-0.4, -0.2) is 13.6 Å². The van der Waals surface area contributed by atoms with Crippen LogP contribution in [0, 0.1) is 0 Å². The minimum absolute atomic E-state index is 0.105. The van der Waals surface area contributed by atoms with E-state index in [0.29, 0.717) is 11.8 Å². The van der Waals surface area contributed by atoms with Crippen molar-refractivity contribution in [1.82, 2.24) is 0 Å². The van der Waals surface area contributed by atoms with Crippen LogP contribution in [0.25, 0.3) is 10.8 Å². The van der Waals surface area contributed by atoms with Crippen LogP contribution in [0.2, 0.25) is 0 Å². The van der Waals surface area contributed by atoms with Gasteiger partial charge in [0.15, 0.2) is 0 Å². The Balaban J connectivity index is 2.51. The van der Waals surface area contributed by atoms with Gasteiger partial charge in [-0.15, -0.1) is 0 Å². The molecule has 0 aromatic heterocycles. The lowest BCUT2D eigenvalue weighted by Gasteiger charge is -2.22. The van der Waals surface area contributed by atoms with Gasteiger partial charge in [0.2, 0.25) is 0 Å². The lowest BCUT2D eigenvalue weighted by Crippen LogP contribution is -2.36. The average Bonchev–Trinajstić information content (AvgIpc) is 2.42. The van der Waals surface area contributed by atoms with Gasteiger partial charge < -0.3 is 17.7 Å². The van der Waals surface area contributed by atoms with E-state index in [4.69, 9.17) is 4.74 Å². The first-order valence-corrected chi connectivity index (χ1v) is 6.44. The molecule has 0 radical (unpaired) electrons. The number of halogens is 3. The van der Waals surface area contributed by atoms with Crippen LogP contribution in [0.3, 0.4) is 0 Å². The fourth-order valence-corrected chi connectivity index (χ4v) is 2.02. The number of ether oxygens (including phenoxy) is 1. The quantitative estimate of drug-likeness (QED) is 0.587. The van der Waals surface area contributed by atoms with Crippen molar-refractivity contribution in [3.8, 4) is 5.75 Å². The van der Waals surface area contributed by atoms with Gasteiger partial charge in [-0.1, -0.05) is 49.3 Å². The maximum absolute atomic E-state index is 13.3. The van der Waals surface area contributed by atoms with E-state index >= 15 is 0 Å². The molecule has 106 valence electrons. The third-order valence-corrected chi connectivity index (χ3v) is 3.19. The van der Waals surface area contributed by atoms with Gasteiger partial charge in [-0.2, -0.15) is 0 Å². The molecule has 0 amide bonds. The Bertz CT molecular complexity index is 635. The molecule has 2 aromatic rings.